The predicted molar refractivity (Wildman–Crippen MR) is 98.4 cm³/mol. The Balaban J connectivity index is 1.98. The predicted octanol–water partition coefficient (Wildman–Crippen LogP) is 2.61. The van der Waals surface area contributed by atoms with E-state index in [1.54, 1.807) is 6.92 Å². The number of pyridine rings is 2. The molecule has 2 aliphatic rings. The second kappa shape index (κ2) is 6.23. The quantitative estimate of drug-likeness (QED) is 0.801. The average Bonchev–Trinajstić information content (AvgIpc) is 3.36. The van der Waals surface area contributed by atoms with Gasteiger partial charge in [-0.1, -0.05) is 0 Å². The van der Waals surface area contributed by atoms with Crippen LogP contribution >= 0.6 is 0 Å². The van der Waals surface area contributed by atoms with Crippen LogP contribution in [0, 0.1) is 12.7 Å². The minimum atomic E-state index is -1.57. The Kier molecular flexibility index (Phi) is 4.10. The van der Waals surface area contributed by atoms with Crippen molar-refractivity contribution in [3.05, 3.63) is 39.6 Å². The van der Waals surface area contributed by atoms with Crippen molar-refractivity contribution in [1.82, 2.24) is 4.40 Å². The lowest BCUT2D eigenvalue weighted by molar-refractivity contribution is 0.143. The SMILES string of the molecule is Cc1c(N2C[C@@H](N)C[C@@H]2C)c(F)cn2c(=O)c(OC(=O)O)cc(C3CC3)c12. The number of hydrogen-bond donors (Lipinski definition) is 2. The number of ether oxygens (including phenoxy) is 1. The van der Waals surface area contributed by atoms with E-state index in [4.69, 9.17) is 10.8 Å². The number of aromatic nitrogens is 1. The summed E-state index contributed by atoms with van der Waals surface area (Å²) in [5.74, 6) is -0.616. The average molecular weight is 375 g/mol. The molecule has 1 saturated heterocycles. The highest BCUT2D eigenvalue weighted by Crippen LogP contribution is 2.44. The van der Waals surface area contributed by atoms with Gasteiger partial charge in [-0.2, -0.15) is 0 Å². The molecule has 144 valence electrons. The molecule has 3 heterocycles. The van der Waals surface area contributed by atoms with Crippen LogP contribution in [0.1, 0.15) is 43.2 Å². The third-order valence-corrected chi connectivity index (χ3v) is 5.52. The fourth-order valence-electron chi connectivity index (χ4n) is 4.23. The van der Waals surface area contributed by atoms with Crippen molar-refractivity contribution >= 4 is 17.4 Å². The third kappa shape index (κ3) is 2.93. The van der Waals surface area contributed by atoms with E-state index in [1.165, 1.54) is 10.5 Å². The zero-order valence-corrected chi connectivity index (χ0v) is 15.2. The first-order valence-electron chi connectivity index (χ1n) is 9.09. The lowest BCUT2D eigenvalue weighted by Gasteiger charge is -2.27. The summed E-state index contributed by atoms with van der Waals surface area (Å²) in [6.45, 7) is 4.36. The van der Waals surface area contributed by atoms with Crippen molar-refractivity contribution in [2.45, 2.75) is 51.1 Å². The van der Waals surface area contributed by atoms with E-state index in [2.05, 4.69) is 4.74 Å². The van der Waals surface area contributed by atoms with Crippen molar-refractivity contribution in [3.63, 3.8) is 0 Å². The van der Waals surface area contributed by atoms with Gasteiger partial charge in [0.05, 0.1) is 17.4 Å². The molecule has 0 radical (unpaired) electrons. The number of rotatable bonds is 3. The van der Waals surface area contributed by atoms with Crippen LogP contribution in [0.5, 0.6) is 5.75 Å². The summed E-state index contributed by atoms with van der Waals surface area (Å²) in [4.78, 5) is 25.6. The number of fused-ring (bicyclic) bond motifs is 1. The van der Waals surface area contributed by atoms with Gasteiger partial charge in [0.2, 0.25) is 0 Å². The molecule has 1 aliphatic carbocycles. The van der Waals surface area contributed by atoms with Gasteiger partial charge >= 0.3 is 6.16 Å². The van der Waals surface area contributed by atoms with E-state index in [9.17, 15) is 9.59 Å². The molecular formula is C19H22FN3O4. The fraction of sp³-hybridized carbons (Fsp3) is 0.474. The summed E-state index contributed by atoms with van der Waals surface area (Å²) in [6, 6.07) is 1.57. The van der Waals surface area contributed by atoms with Gasteiger partial charge in [0.25, 0.3) is 5.56 Å². The second-order valence-corrected chi connectivity index (χ2v) is 7.58. The maximum Gasteiger partial charge on any atom is 0.511 e. The first-order valence-corrected chi connectivity index (χ1v) is 9.09. The van der Waals surface area contributed by atoms with Crippen molar-refractivity contribution in [1.29, 1.82) is 0 Å². The molecular weight excluding hydrogens is 353 g/mol. The number of hydrogen-bond acceptors (Lipinski definition) is 5. The summed E-state index contributed by atoms with van der Waals surface area (Å²) < 4.78 is 20.9. The highest BCUT2D eigenvalue weighted by molar-refractivity contribution is 5.74. The lowest BCUT2D eigenvalue weighted by atomic mass is 10.0. The van der Waals surface area contributed by atoms with Gasteiger partial charge in [0.15, 0.2) is 11.6 Å². The van der Waals surface area contributed by atoms with Crippen LogP contribution in [0.3, 0.4) is 0 Å². The minimum absolute atomic E-state index is 0.0218. The molecule has 7 nitrogen and oxygen atoms in total. The fourth-order valence-corrected chi connectivity index (χ4v) is 4.23. The van der Waals surface area contributed by atoms with Crippen molar-refractivity contribution in [2.75, 3.05) is 11.4 Å². The summed E-state index contributed by atoms with van der Waals surface area (Å²) in [5, 5.41) is 8.90. The van der Waals surface area contributed by atoms with Gasteiger partial charge in [0.1, 0.15) is 0 Å². The Bertz CT molecular complexity index is 999. The molecule has 0 bridgehead atoms. The molecule has 0 spiro atoms. The van der Waals surface area contributed by atoms with Crippen LogP contribution in [0.4, 0.5) is 14.9 Å². The molecule has 0 amide bonds. The van der Waals surface area contributed by atoms with Gasteiger partial charge in [0, 0.05) is 18.6 Å². The molecule has 4 rings (SSSR count). The second-order valence-electron chi connectivity index (χ2n) is 7.58. The van der Waals surface area contributed by atoms with Gasteiger partial charge in [-0.15, -0.1) is 0 Å². The molecule has 3 N–H and O–H groups in total. The third-order valence-electron chi connectivity index (χ3n) is 5.52. The molecule has 0 aromatic carbocycles. The zero-order valence-electron chi connectivity index (χ0n) is 15.2. The molecule has 27 heavy (non-hydrogen) atoms. The lowest BCUT2D eigenvalue weighted by Crippen LogP contribution is -2.31. The van der Waals surface area contributed by atoms with Crippen LogP contribution in [-0.2, 0) is 0 Å². The monoisotopic (exact) mass is 375 g/mol. The molecule has 2 aromatic rings. The Hall–Kier alpha value is -2.61. The molecule has 8 heteroatoms. The van der Waals surface area contributed by atoms with Crippen LogP contribution in [-0.4, -0.2) is 34.3 Å². The Labute approximate surface area is 155 Å². The van der Waals surface area contributed by atoms with Crippen LogP contribution < -0.4 is 20.9 Å². The van der Waals surface area contributed by atoms with Gasteiger partial charge in [-0.3, -0.25) is 9.20 Å². The Morgan fingerprint density at radius 3 is 2.67 bits per heavy atom. The van der Waals surface area contributed by atoms with Gasteiger partial charge < -0.3 is 20.5 Å². The van der Waals surface area contributed by atoms with Crippen molar-refractivity contribution < 1.29 is 19.0 Å². The summed E-state index contributed by atoms with van der Waals surface area (Å²) in [6.07, 6.45) is 2.23. The summed E-state index contributed by atoms with van der Waals surface area (Å²) >= 11 is 0. The molecule has 2 aromatic heterocycles. The maximum absolute atomic E-state index is 15.1. The van der Waals surface area contributed by atoms with E-state index in [-0.39, 0.29) is 23.8 Å². The van der Waals surface area contributed by atoms with Gasteiger partial charge in [-0.05, 0) is 56.2 Å². The topological polar surface area (TPSA) is 97.3 Å². The number of carbonyl (C=O) groups is 1. The van der Waals surface area contributed by atoms with Crippen molar-refractivity contribution in [2.24, 2.45) is 5.73 Å². The highest BCUT2D eigenvalue weighted by atomic mass is 19.1. The molecule has 1 saturated carbocycles. The van der Waals surface area contributed by atoms with E-state index in [0.717, 1.165) is 31.0 Å². The smallest absolute Gasteiger partial charge is 0.449 e. The van der Waals surface area contributed by atoms with E-state index in [1.807, 2.05) is 11.8 Å². The summed E-state index contributed by atoms with van der Waals surface area (Å²) in [7, 11) is 0. The molecule has 2 atom stereocenters. The number of anilines is 1. The Morgan fingerprint density at radius 2 is 2.11 bits per heavy atom. The normalized spacial score (nSPS) is 22.4. The zero-order chi connectivity index (χ0) is 19.5. The number of nitrogens with two attached hydrogens (primary N) is 1. The van der Waals surface area contributed by atoms with Gasteiger partial charge in [-0.25, -0.2) is 9.18 Å². The van der Waals surface area contributed by atoms with Crippen LogP contribution in [0.25, 0.3) is 5.52 Å². The number of halogens is 1. The van der Waals surface area contributed by atoms with Crippen molar-refractivity contribution in [3.8, 4) is 5.75 Å². The summed E-state index contributed by atoms with van der Waals surface area (Å²) in [5.41, 5.74) is 7.94. The largest absolute Gasteiger partial charge is 0.511 e. The molecule has 2 fully saturated rings. The minimum Gasteiger partial charge on any atom is -0.449 e. The first kappa shape index (κ1) is 17.8. The Morgan fingerprint density at radius 1 is 1.41 bits per heavy atom. The van der Waals surface area contributed by atoms with E-state index in [0.29, 0.717) is 23.3 Å². The number of nitrogens with zero attached hydrogens (tertiary/aromatic N) is 2. The first-order chi connectivity index (χ1) is 12.8. The highest BCUT2D eigenvalue weighted by Gasteiger charge is 2.33. The van der Waals surface area contributed by atoms with E-state index >= 15 is 4.39 Å². The maximum atomic E-state index is 15.1. The molecule has 0 unspecified atom stereocenters. The standard InChI is InChI=1S/C19H22FN3O4/c1-9-5-12(21)7-22(9)17-10(2)16-13(11-3-4-11)6-15(27-19(25)26)18(24)23(16)8-14(17)20/h6,8-9,11-12H,3-5,7,21H2,1-2H3,(H,25,26)/t9-,12-/m0/s1. The number of carboxylic acid groups (broad SMARTS) is 1. The van der Waals surface area contributed by atoms with E-state index < -0.39 is 17.5 Å². The number of aryl methyl sites for hydroxylation is 1. The molecule has 1 aliphatic heterocycles. The van der Waals surface area contributed by atoms with Crippen LogP contribution in [0.2, 0.25) is 0 Å². The van der Waals surface area contributed by atoms with Crippen LogP contribution in [0.15, 0.2) is 17.1 Å².